The average molecular weight is 348 g/mol. The summed E-state index contributed by atoms with van der Waals surface area (Å²) in [7, 11) is -0.387. The molecule has 0 unspecified atom stereocenters. The van der Waals surface area contributed by atoms with Crippen molar-refractivity contribution in [1.29, 1.82) is 0 Å². The van der Waals surface area contributed by atoms with Crippen LogP contribution < -0.4 is 0 Å². The van der Waals surface area contributed by atoms with E-state index < -0.39 is 10.0 Å². The maximum Gasteiger partial charge on any atom is 0.244 e. The first-order chi connectivity index (χ1) is 9.71. The molecule has 0 aliphatic rings. The number of nitrogens with zero attached hydrogens (tertiary/aromatic N) is 3. The number of benzene rings is 1. The van der Waals surface area contributed by atoms with Crippen molar-refractivity contribution >= 4 is 33.2 Å². The van der Waals surface area contributed by atoms with Crippen LogP contribution in [0.5, 0.6) is 0 Å². The Balaban J connectivity index is 2.32. The van der Waals surface area contributed by atoms with E-state index in [2.05, 4.69) is 5.10 Å². The van der Waals surface area contributed by atoms with E-state index >= 15 is 0 Å². The van der Waals surface area contributed by atoms with Crippen molar-refractivity contribution in [1.82, 2.24) is 14.1 Å². The van der Waals surface area contributed by atoms with Gasteiger partial charge in [-0.3, -0.25) is 4.68 Å². The monoisotopic (exact) mass is 347 g/mol. The lowest BCUT2D eigenvalue weighted by Gasteiger charge is -2.17. The van der Waals surface area contributed by atoms with Gasteiger partial charge < -0.3 is 0 Å². The Morgan fingerprint density at radius 2 is 2.00 bits per heavy atom. The molecule has 0 atom stereocenters. The first-order valence-corrected chi connectivity index (χ1v) is 8.32. The van der Waals surface area contributed by atoms with Crippen LogP contribution in [0.15, 0.2) is 29.3 Å². The van der Waals surface area contributed by atoms with Crippen LogP contribution in [0.25, 0.3) is 0 Å². The molecule has 0 spiro atoms. The predicted octanol–water partition coefficient (Wildman–Crippen LogP) is 2.86. The highest BCUT2D eigenvalue weighted by atomic mass is 35.5. The highest BCUT2D eigenvalue weighted by Crippen LogP contribution is 2.27. The molecule has 0 bridgehead atoms. The fraction of sp³-hybridized carbons (Fsp3) is 0.308. The fourth-order valence-corrected chi connectivity index (χ4v) is 3.87. The van der Waals surface area contributed by atoms with Crippen molar-refractivity contribution in [2.24, 2.45) is 7.05 Å². The van der Waals surface area contributed by atoms with E-state index in [0.29, 0.717) is 5.02 Å². The van der Waals surface area contributed by atoms with Crippen molar-refractivity contribution < 1.29 is 8.42 Å². The zero-order chi connectivity index (χ0) is 15.8. The molecule has 0 radical (unpaired) electrons. The molecule has 0 fully saturated rings. The standard InChI is InChI=1S/C13H15Cl2N3O2S/c1-9-10(7-17(2)16-9)8-18(3)21(19,20)13-5-4-11(14)6-12(13)15/h4-7H,8H2,1-3H3. The van der Waals surface area contributed by atoms with Crippen LogP contribution in [0.4, 0.5) is 0 Å². The highest BCUT2D eigenvalue weighted by molar-refractivity contribution is 7.89. The van der Waals surface area contributed by atoms with Gasteiger partial charge in [-0.1, -0.05) is 23.2 Å². The van der Waals surface area contributed by atoms with Gasteiger partial charge in [-0.15, -0.1) is 0 Å². The second kappa shape index (κ2) is 5.96. The zero-order valence-corrected chi connectivity index (χ0v) is 14.2. The van der Waals surface area contributed by atoms with Gasteiger partial charge in [0.05, 0.1) is 10.7 Å². The average Bonchev–Trinajstić information content (AvgIpc) is 2.67. The summed E-state index contributed by atoms with van der Waals surface area (Å²) in [5.74, 6) is 0. The van der Waals surface area contributed by atoms with Crippen molar-refractivity contribution in [3.8, 4) is 0 Å². The van der Waals surface area contributed by atoms with Gasteiger partial charge in [-0.25, -0.2) is 8.42 Å². The molecule has 114 valence electrons. The van der Waals surface area contributed by atoms with Crippen LogP contribution in [-0.2, 0) is 23.6 Å². The van der Waals surface area contributed by atoms with Crippen molar-refractivity contribution in [2.75, 3.05) is 7.05 Å². The van der Waals surface area contributed by atoms with Gasteiger partial charge >= 0.3 is 0 Å². The minimum absolute atomic E-state index is 0.0395. The number of aryl methyl sites for hydroxylation is 2. The van der Waals surface area contributed by atoms with Gasteiger partial charge in [0.1, 0.15) is 4.90 Å². The number of hydrogen-bond donors (Lipinski definition) is 0. The topological polar surface area (TPSA) is 55.2 Å². The highest BCUT2D eigenvalue weighted by Gasteiger charge is 2.24. The quantitative estimate of drug-likeness (QED) is 0.854. The molecule has 1 heterocycles. The lowest BCUT2D eigenvalue weighted by atomic mass is 10.3. The summed E-state index contributed by atoms with van der Waals surface area (Å²) in [6.07, 6.45) is 1.80. The summed E-state index contributed by atoms with van der Waals surface area (Å²) in [4.78, 5) is 0.0395. The molecule has 0 aliphatic carbocycles. The van der Waals surface area contributed by atoms with Crippen LogP contribution >= 0.6 is 23.2 Å². The third-order valence-electron chi connectivity index (χ3n) is 3.09. The fourth-order valence-electron chi connectivity index (χ4n) is 1.98. The lowest BCUT2D eigenvalue weighted by molar-refractivity contribution is 0.466. The van der Waals surface area contributed by atoms with Gasteiger partial charge in [0, 0.05) is 37.4 Å². The van der Waals surface area contributed by atoms with E-state index in [9.17, 15) is 8.42 Å². The second-order valence-electron chi connectivity index (χ2n) is 4.75. The van der Waals surface area contributed by atoms with Crippen molar-refractivity contribution in [3.05, 3.63) is 45.7 Å². The Kier molecular flexibility index (Phi) is 4.63. The van der Waals surface area contributed by atoms with E-state index in [1.54, 1.807) is 17.9 Å². The van der Waals surface area contributed by atoms with Crippen LogP contribution in [0.3, 0.4) is 0 Å². The number of rotatable bonds is 4. The van der Waals surface area contributed by atoms with E-state index in [0.717, 1.165) is 11.3 Å². The Bertz CT molecular complexity index is 772. The van der Waals surface area contributed by atoms with Gasteiger partial charge in [0.2, 0.25) is 10.0 Å². The molecule has 0 saturated carbocycles. The molecule has 0 saturated heterocycles. The molecule has 1 aromatic heterocycles. The second-order valence-corrected chi connectivity index (χ2v) is 7.61. The Morgan fingerprint density at radius 3 is 2.52 bits per heavy atom. The van der Waals surface area contributed by atoms with Gasteiger partial charge in [0.15, 0.2) is 0 Å². The van der Waals surface area contributed by atoms with Crippen LogP contribution in [0, 0.1) is 6.92 Å². The summed E-state index contributed by atoms with van der Waals surface area (Å²) in [6.45, 7) is 2.06. The number of aromatic nitrogens is 2. The molecule has 0 aliphatic heterocycles. The van der Waals surface area contributed by atoms with E-state index in [4.69, 9.17) is 23.2 Å². The summed E-state index contributed by atoms with van der Waals surface area (Å²) in [6, 6.07) is 4.33. The largest absolute Gasteiger partial charge is 0.275 e. The van der Waals surface area contributed by atoms with Crippen LogP contribution in [0.2, 0.25) is 10.0 Å². The summed E-state index contributed by atoms with van der Waals surface area (Å²) >= 11 is 11.8. The Labute approximate surface area is 134 Å². The molecule has 8 heteroatoms. The SMILES string of the molecule is Cc1nn(C)cc1CN(C)S(=O)(=O)c1ccc(Cl)cc1Cl. The minimum Gasteiger partial charge on any atom is -0.275 e. The zero-order valence-electron chi connectivity index (χ0n) is 11.8. The normalized spacial score (nSPS) is 12.1. The minimum atomic E-state index is -3.69. The molecule has 0 amide bonds. The van der Waals surface area contributed by atoms with Gasteiger partial charge in [-0.05, 0) is 25.1 Å². The van der Waals surface area contributed by atoms with E-state index in [1.807, 2.05) is 6.92 Å². The first-order valence-electron chi connectivity index (χ1n) is 6.12. The molecular formula is C13H15Cl2N3O2S. The maximum atomic E-state index is 12.6. The first kappa shape index (κ1) is 16.3. The van der Waals surface area contributed by atoms with Crippen molar-refractivity contribution in [2.45, 2.75) is 18.4 Å². The summed E-state index contributed by atoms with van der Waals surface area (Å²) in [5, 5.41) is 4.70. The molecular weight excluding hydrogens is 333 g/mol. The number of hydrogen-bond acceptors (Lipinski definition) is 3. The molecule has 1 aromatic carbocycles. The number of halogens is 2. The lowest BCUT2D eigenvalue weighted by Crippen LogP contribution is -2.26. The molecule has 21 heavy (non-hydrogen) atoms. The molecule has 0 N–H and O–H groups in total. The molecule has 2 aromatic rings. The summed E-state index contributed by atoms with van der Waals surface area (Å²) in [5.41, 5.74) is 1.63. The Hall–Kier alpha value is -1.08. The third-order valence-corrected chi connectivity index (χ3v) is 5.61. The Morgan fingerprint density at radius 1 is 1.33 bits per heavy atom. The molecule has 5 nitrogen and oxygen atoms in total. The van der Waals surface area contributed by atoms with Crippen molar-refractivity contribution in [3.63, 3.8) is 0 Å². The van der Waals surface area contributed by atoms with E-state index in [1.165, 1.54) is 29.6 Å². The third kappa shape index (κ3) is 3.40. The van der Waals surface area contributed by atoms with Crippen LogP contribution in [-0.4, -0.2) is 29.6 Å². The van der Waals surface area contributed by atoms with Gasteiger partial charge in [0.25, 0.3) is 0 Å². The number of sulfonamides is 1. The van der Waals surface area contributed by atoms with E-state index in [-0.39, 0.29) is 16.5 Å². The van der Waals surface area contributed by atoms with Crippen LogP contribution in [0.1, 0.15) is 11.3 Å². The molecule has 2 rings (SSSR count). The predicted molar refractivity (Wildman–Crippen MR) is 83.1 cm³/mol. The smallest absolute Gasteiger partial charge is 0.244 e. The van der Waals surface area contributed by atoms with Gasteiger partial charge in [-0.2, -0.15) is 9.40 Å². The summed E-state index contributed by atoms with van der Waals surface area (Å²) < 4.78 is 28.0. The maximum absolute atomic E-state index is 12.6.